The van der Waals surface area contributed by atoms with Crippen LogP contribution in [0.5, 0.6) is 0 Å². The Morgan fingerprint density at radius 1 is 0.953 bits per heavy atom. The fourth-order valence-electron chi connectivity index (χ4n) is 8.37. The van der Waals surface area contributed by atoms with Crippen LogP contribution in [0.15, 0.2) is 48.5 Å². The molecule has 4 saturated carbocycles. The minimum Gasteiger partial charge on any atom is -0.354 e. The van der Waals surface area contributed by atoms with Gasteiger partial charge < -0.3 is 10.2 Å². The lowest BCUT2D eigenvalue weighted by atomic mass is 9.48. The average Bonchev–Trinajstić information content (AvgIpc) is 2.94. The Morgan fingerprint density at radius 2 is 1.53 bits per heavy atom. The molecule has 0 radical (unpaired) electrons. The maximum Gasteiger partial charge on any atom is 0.244 e. The molecule has 1 N–H and O–H groups in total. The van der Waals surface area contributed by atoms with Crippen LogP contribution in [0.3, 0.4) is 0 Å². The third-order valence-corrected chi connectivity index (χ3v) is 11.3. The molecule has 8 heteroatoms. The molecule has 0 heterocycles. The van der Waals surface area contributed by atoms with Gasteiger partial charge >= 0.3 is 0 Å². The predicted octanol–water partition coefficient (Wildman–Crippen LogP) is 5.81. The number of benzene rings is 2. The number of anilines is 1. The van der Waals surface area contributed by atoms with Crippen molar-refractivity contribution in [2.24, 2.45) is 23.7 Å². The standard InChI is InChI=1S/C35H49N3O4S/c1-6-32(34(40)36-21-24(2)3)37(22-29-10-8-7-9-25(29)4)33(39)23-38(43(5,41)42)31-13-11-30(12-14-31)35-18-26-15-27(19-35)17-28(16-26)20-35/h7-14,24,26-28,32H,6,15-23H2,1-5H3,(H,36,40)/t26?,27?,28?,32-,35?/m0/s1. The minimum atomic E-state index is -3.77. The first-order valence-corrected chi connectivity index (χ1v) is 17.9. The lowest BCUT2D eigenvalue weighted by Crippen LogP contribution is -2.52. The van der Waals surface area contributed by atoms with Crippen LogP contribution >= 0.6 is 0 Å². The molecule has 4 aliphatic carbocycles. The number of hydrogen-bond donors (Lipinski definition) is 1. The first kappa shape index (κ1) is 31.6. The van der Waals surface area contributed by atoms with Gasteiger partial charge in [-0.1, -0.05) is 57.2 Å². The van der Waals surface area contributed by atoms with Crippen molar-refractivity contribution in [3.63, 3.8) is 0 Å². The second kappa shape index (κ2) is 12.6. The van der Waals surface area contributed by atoms with Gasteiger partial charge in [0.2, 0.25) is 21.8 Å². The summed E-state index contributed by atoms with van der Waals surface area (Å²) < 4.78 is 27.5. The number of nitrogens with zero attached hydrogens (tertiary/aromatic N) is 2. The number of nitrogens with one attached hydrogen (secondary N) is 1. The van der Waals surface area contributed by atoms with Gasteiger partial charge in [0.15, 0.2) is 0 Å². The summed E-state index contributed by atoms with van der Waals surface area (Å²) >= 11 is 0. The molecule has 234 valence electrons. The number of carbonyl (C=O) groups excluding carboxylic acids is 2. The normalized spacial score (nSPS) is 25.0. The lowest BCUT2D eigenvalue weighted by Gasteiger charge is -2.57. The molecule has 43 heavy (non-hydrogen) atoms. The molecule has 0 saturated heterocycles. The highest BCUT2D eigenvalue weighted by atomic mass is 32.2. The first-order valence-electron chi connectivity index (χ1n) is 16.1. The van der Waals surface area contributed by atoms with Crippen molar-refractivity contribution in [1.82, 2.24) is 10.2 Å². The number of aryl methyl sites for hydroxylation is 1. The van der Waals surface area contributed by atoms with Gasteiger partial charge in [0, 0.05) is 13.1 Å². The quantitative estimate of drug-likeness (QED) is 0.330. The molecule has 0 aromatic heterocycles. The summed E-state index contributed by atoms with van der Waals surface area (Å²) in [5.74, 6) is 2.11. The number of carbonyl (C=O) groups is 2. The summed E-state index contributed by atoms with van der Waals surface area (Å²) in [5, 5.41) is 2.98. The Kier molecular flexibility index (Phi) is 9.26. The van der Waals surface area contributed by atoms with Gasteiger partial charge in [-0.2, -0.15) is 0 Å². The second-order valence-corrected chi connectivity index (χ2v) is 15.9. The number of hydrogen-bond acceptors (Lipinski definition) is 4. The first-order chi connectivity index (χ1) is 20.4. The molecule has 2 aromatic carbocycles. The summed E-state index contributed by atoms with van der Waals surface area (Å²) in [6.45, 7) is 8.28. The van der Waals surface area contributed by atoms with Crippen LogP contribution in [0, 0.1) is 30.6 Å². The van der Waals surface area contributed by atoms with Crippen LogP contribution in [0.25, 0.3) is 0 Å². The monoisotopic (exact) mass is 607 g/mol. The molecule has 0 unspecified atom stereocenters. The molecule has 4 aliphatic rings. The topological polar surface area (TPSA) is 86.8 Å². The number of sulfonamides is 1. The summed E-state index contributed by atoms with van der Waals surface area (Å²) in [4.78, 5) is 28.9. The average molecular weight is 608 g/mol. The maximum atomic E-state index is 14.1. The van der Waals surface area contributed by atoms with Crippen molar-refractivity contribution in [2.45, 2.75) is 90.6 Å². The van der Waals surface area contributed by atoms with E-state index in [9.17, 15) is 18.0 Å². The second-order valence-electron chi connectivity index (χ2n) is 14.0. The fraction of sp³-hybridized carbons (Fsp3) is 0.600. The predicted molar refractivity (Wildman–Crippen MR) is 172 cm³/mol. The van der Waals surface area contributed by atoms with Crippen LogP contribution in [0.2, 0.25) is 0 Å². The summed E-state index contributed by atoms with van der Waals surface area (Å²) in [6, 6.07) is 15.0. The molecular weight excluding hydrogens is 558 g/mol. The highest BCUT2D eigenvalue weighted by molar-refractivity contribution is 7.92. The van der Waals surface area contributed by atoms with Crippen LogP contribution in [-0.2, 0) is 31.6 Å². The van der Waals surface area contributed by atoms with E-state index in [4.69, 9.17) is 0 Å². The molecule has 0 spiro atoms. The van der Waals surface area contributed by atoms with Crippen molar-refractivity contribution >= 4 is 27.5 Å². The van der Waals surface area contributed by atoms with E-state index < -0.39 is 22.0 Å². The van der Waals surface area contributed by atoms with Gasteiger partial charge in [-0.05, 0) is 110 Å². The molecule has 1 atom stereocenters. The number of rotatable bonds is 12. The third-order valence-electron chi connectivity index (χ3n) is 10.2. The molecule has 2 aromatic rings. The van der Waals surface area contributed by atoms with Crippen molar-refractivity contribution in [2.75, 3.05) is 23.7 Å². The van der Waals surface area contributed by atoms with Gasteiger partial charge in [0.1, 0.15) is 12.6 Å². The van der Waals surface area contributed by atoms with E-state index in [1.54, 1.807) is 4.90 Å². The van der Waals surface area contributed by atoms with Gasteiger partial charge in [-0.3, -0.25) is 13.9 Å². The Labute approximate surface area is 258 Å². The summed E-state index contributed by atoms with van der Waals surface area (Å²) in [5.41, 5.74) is 3.94. The van der Waals surface area contributed by atoms with Gasteiger partial charge in [0.25, 0.3) is 0 Å². The maximum absolute atomic E-state index is 14.1. The van der Waals surface area contributed by atoms with Crippen molar-refractivity contribution in [3.8, 4) is 0 Å². The summed E-state index contributed by atoms with van der Waals surface area (Å²) in [7, 11) is -3.77. The Hall–Kier alpha value is -2.87. The van der Waals surface area contributed by atoms with E-state index in [0.717, 1.165) is 35.1 Å². The molecular formula is C35H49N3O4S. The van der Waals surface area contributed by atoms with E-state index in [-0.39, 0.29) is 30.3 Å². The van der Waals surface area contributed by atoms with Gasteiger partial charge in [-0.15, -0.1) is 0 Å². The molecule has 4 fully saturated rings. The third kappa shape index (κ3) is 6.95. The van der Waals surface area contributed by atoms with Gasteiger partial charge in [0.05, 0.1) is 11.9 Å². The zero-order valence-electron chi connectivity index (χ0n) is 26.5. The molecule has 6 rings (SSSR count). The zero-order valence-corrected chi connectivity index (χ0v) is 27.3. The van der Waals surface area contributed by atoms with Crippen molar-refractivity contribution < 1.29 is 18.0 Å². The summed E-state index contributed by atoms with van der Waals surface area (Å²) in [6.07, 6.45) is 9.37. The molecule has 0 aliphatic heterocycles. The highest BCUT2D eigenvalue weighted by Crippen LogP contribution is 2.60. The minimum absolute atomic E-state index is 0.209. The Morgan fingerprint density at radius 3 is 2.05 bits per heavy atom. The largest absolute Gasteiger partial charge is 0.354 e. The highest BCUT2D eigenvalue weighted by Gasteiger charge is 2.51. The smallest absolute Gasteiger partial charge is 0.244 e. The van der Waals surface area contributed by atoms with Crippen LogP contribution in [-0.4, -0.2) is 50.5 Å². The van der Waals surface area contributed by atoms with Gasteiger partial charge in [-0.25, -0.2) is 8.42 Å². The van der Waals surface area contributed by atoms with E-state index >= 15 is 0 Å². The lowest BCUT2D eigenvalue weighted by molar-refractivity contribution is -0.140. The van der Waals surface area contributed by atoms with Crippen molar-refractivity contribution in [3.05, 3.63) is 65.2 Å². The molecule has 4 bridgehead atoms. The SMILES string of the molecule is CC[C@@H](C(=O)NCC(C)C)N(Cc1ccccc1C)C(=O)CN(c1ccc(C23CC4CC(CC(C4)C2)C3)cc1)S(C)(=O)=O. The van der Waals surface area contributed by atoms with Crippen LogP contribution < -0.4 is 9.62 Å². The van der Waals surface area contributed by atoms with Crippen LogP contribution in [0.4, 0.5) is 5.69 Å². The van der Waals surface area contributed by atoms with Crippen molar-refractivity contribution in [1.29, 1.82) is 0 Å². The van der Waals surface area contributed by atoms with E-state index in [1.165, 1.54) is 48.4 Å². The Balaban J connectivity index is 1.40. The van der Waals surface area contributed by atoms with Crippen LogP contribution in [0.1, 0.15) is 82.4 Å². The van der Waals surface area contributed by atoms with E-state index in [1.807, 2.05) is 64.1 Å². The molecule has 7 nitrogen and oxygen atoms in total. The fourth-order valence-corrected chi connectivity index (χ4v) is 9.22. The zero-order chi connectivity index (χ0) is 30.9. The molecule has 2 amide bonds. The van der Waals surface area contributed by atoms with E-state index in [2.05, 4.69) is 17.4 Å². The Bertz CT molecular complexity index is 1380. The number of amides is 2. The van der Waals surface area contributed by atoms with E-state index in [0.29, 0.717) is 18.7 Å².